The number of benzene rings is 1. The average molecular weight is 160 g/mol. The Morgan fingerprint density at radius 1 is 1.42 bits per heavy atom. The summed E-state index contributed by atoms with van der Waals surface area (Å²) in [6, 6.07) is 8.94. The first-order valence-electron chi connectivity index (χ1n) is 3.35. The summed E-state index contributed by atoms with van der Waals surface area (Å²) in [6.45, 7) is 1.41. The molecule has 0 amide bonds. The molecule has 1 radical (unpaired) electrons. The summed E-state index contributed by atoms with van der Waals surface area (Å²) in [4.78, 5) is 9.75. The van der Waals surface area contributed by atoms with Gasteiger partial charge in [-0.25, -0.2) is 4.79 Å². The highest BCUT2D eigenvalue weighted by molar-refractivity contribution is 5.41. The molecule has 1 aromatic carbocycles. The van der Waals surface area contributed by atoms with Crippen molar-refractivity contribution in [1.29, 1.82) is 5.26 Å². The van der Waals surface area contributed by atoms with Crippen LogP contribution >= 0.6 is 0 Å². The molecule has 0 N–H and O–H groups in total. The van der Waals surface area contributed by atoms with Gasteiger partial charge in [-0.3, -0.25) is 0 Å². The van der Waals surface area contributed by atoms with Crippen molar-refractivity contribution in [1.82, 2.24) is 0 Å². The lowest BCUT2D eigenvalue weighted by Crippen LogP contribution is -1.93. The SMILES string of the molecule is N#Cc1ccccc1CO[C]=O. The molecule has 0 saturated heterocycles. The van der Waals surface area contributed by atoms with Crippen molar-refractivity contribution < 1.29 is 9.53 Å². The summed E-state index contributed by atoms with van der Waals surface area (Å²) in [5.74, 6) is 0. The Bertz CT molecular complexity index is 315. The molecule has 0 aliphatic heterocycles. The van der Waals surface area contributed by atoms with E-state index in [0.29, 0.717) is 11.1 Å². The third kappa shape index (κ3) is 1.83. The van der Waals surface area contributed by atoms with E-state index in [0.717, 1.165) is 0 Å². The molecule has 0 aliphatic carbocycles. The van der Waals surface area contributed by atoms with Crippen LogP contribution < -0.4 is 0 Å². The molecule has 0 unspecified atom stereocenters. The Balaban J connectivity index is 2.83. The summed E-state index contributed by atoms with van der Waals surface area (Å²) in [6.07, 6.45) is 0. The lowest BCUT2D eigenvalue weighted by molar-refractivity contribution is 0.267. The van der Waals surface area contributed by atoms with Gasteiger partial charge < -0.3 is 4.74 Å². The molecule has 0 spiro atoms. The highest BCUT2D eigenvalue weighted by Crippen LogP contribution is 2.07. The Morgan fingerprint density at radius 3 is 2.83 bits per heavy atom. The molecule has 1 aromatic rings. The second kappa shape index (κ2) is 4.14. The molecular formula is C9H6NO2. The van der Waals surface area contributed by atoms with Crippen LogP contribution in [-0.2, 0) is 16.1 Å². The van der Waals surface area contributed by atoms with Crippen molar-refractivity contribution in [2.75, 3.05) is 0 Å². The fourth-order valence-electron chi connectivity index (χ4n) is 0.862. The number of ether oxygens (including phenoxy) is 1. The summed E-state index contributed by atoms with van der Waals surface area (Å²) in [7, 11) is 0. The van der Waals surface area contributed by atoms with Gasteiger partial charge in [-0.15, -0.1) is 0 Å². The van der Waals surface area contributed by atoms with Crippen molar-refractivity contribution in [3.05, 3.63) is 35.4 Å². The molecule has 0 atom stereocenters. The van der Waals surface area contributed by atoms with E-state index in [1.807, 2.05) is 6.07 Å². The van der Waals surface area contributed by atoms with Gasteiger partial charge >= 0.3 is 6.47 Å². The quantitative estimate of drug-likeness (QED) is 0.666. The Morgan fingerprint density at radius 2 is 2.17 bits per heavy atom. The molecule has 0 bridgehead atoms. The van der Waals surface area contributed by atoms with E-state index in [4.69, 9.17) is 5.26 Å². The third-order valence-electron chi connectivity index (χ3n) is 1.42. The highest BCUT2D eigenvalue weighted by atomic mass is 16.5. The molecule has 0 aromatic heterocycles. The number of nitrogens with zero attached hydrogens (tertiary/aromatic N) is 1. The number of hydrogen-bond donors (Lipinski definition) is 0. The Labute approximate surface area is 70.2 Å². The van der Waals surface area contributed by atoms with Crippen LogP contribution in [0.3, 0.4) is 0 Å². The molecule has 0 saturated carbocycles. The minimum absolute atomic E-state index is 0.104. The van der Waals surface area contributed by atoms with Gasteiger partial charge in [0.25, 0.3) is 0 Å². The van der Waals surface area contributed by atoms with E-state index in [2.05, 4.69) is 4.74 Å². The van der Waals surface area contributed by atoms with Crippen LogP contribution in [0.4, 0.5) is 0 Å². The maximum absolute atomic E-state index is 9.75. The van der Waals surface area contributed by atoms with Gasteiger partial charge in [0.2, 0.25) is 0 Å². The first-order chi connectivity index (χ1) is 5.88. The Kier molecular flexibility index (Phi) is 2.86. The molecule has 3 heteroatoms. The maximum atomic E-state index is 9.75. The van der Waals surface area contributed by atoms with Gasteiger partial charge in [0.1, 0.15) is 6.61 Å². The molecular weight excluding hydrogens is 154 g/mol. The standard InChI is InChI=1S/C9H6NO2/c10-5-8-3-1-2-4-9(8)6-12-7-11/h1-4H,6H2. The van der Waals surface area contributed by atoms with Gasteiger partial charge in [0.15, 0.2) is 0 Å². The predicted molar refractivity (Wildman–Crippen MR) is 41.6 cm³/mol. The number of carbonyl (C=O) groups excluding carboxylic acids is 1. The Hall–Kier alpha value is -1.82. The van der Waals surface area contributed by atoms with Crippen LogP contribution in [0.25, 0.3) is 0 Å². The zero-order valence-electron chi connectivity index (χ0n) is 6.28. The minimum atomic E-state index is 0.104. The first kappa shape index (κ1) is 8.28. The fourth-order valence-corrected chi connectivity index (χ4v) is 0.862. The monoisotopic (exact) mass is 160 g/mol. The van der Waals surface area contributed by atoms with Crippen LogP contribution in [0.2, 0.25) is 0 Å². The van der Waals surface area contributed by atoms with Crippen molar-refractivity contribution in [2.24, 2.45) is 0 Å². The van der Waals surface area contributed by atoms with Crippen molar-refractivity contribution in [2.45, 2.75) is 6.61 Å². The second-order valence-corrected chi connectivity index (χ2v) is 2.14. The predicted octanol–water partition coefficient (Wildman–Crippen LogP) is 1.14. The van der Waals surface area contributed by atoms with Gasteiger partial charge in [0, 0.05) is 5.56 Å². The van der Waals surface area contributed by atoms with Gasteiger partial charge in [-0.05, 0) is 6.07 Å². The normalized spacial score (nSPS) is 8.58. The van der Waals surface area contributed by atoms with Crippen LogP contribution in [0.5, 0.6) is 0 Å². The molecule has 0 aliphatic rings. The van der Waals surface area contributed by atoms with Crippen LogP contribution in [0.15, 0.2) is 24.3 Å². The number of nitriles is 1. The smallest absolute Gasteiger partial charge is 0.417 e. The van der Waals surface area contributed by atoms with Gasteiger partial charge in [0.05, 0.1) is 11.6 Å². The van der Waals surface area contributed by atoms with Crippen LogP contribution in [0, 0.1) is 11.3 Å². The van der Waals surface area contributed by atoms with E-state index in [1.165, 1.54) is 6.47 Å². The van der Waals surface area contributed by atoms with Crippen molar-refractivity contribution >= 4 is 6.47 Å². The molecule has 3 nitrogen and oxygen atoms in total. The zero-order valence-corrected chi connectivity index (χ0v) is 6.28. The van der Waals surface area contributed by atoms with E-state index in [-0.39, 0.29) is 6.61 Å². The van der Waals surface area contributed by atoms with E-state index in [1.54, 1.807) is 24.3 Å². The first-order valence-corrected chi connectivity index (χ1v) is 3.35. The molecule has 0 heterocycles. The van der Waals surface area contributed by atoms with Crippen molar-refractivity contribution in [3.63, 3.8) is 0 Å². The highest BCUT2D eigenvalue weighted by Gasteiger charge is 1.99. The maximum Gasteiger partial charge on any atom is 0.417 e. The summed E-state index contributed by atoms with van der Waals surface area (Å²) in [5.41, 5.74) is 1.22. The van der Waals surface area contributed by atoms with Crippen LogP contribution in [0.1, 0.15) is 11.1 Å². The van der Waals surface area contributed by atoms with Crippen molar-refractivity contribution in [3.8, 4) is 6.07 Å². The molecule has 59 valence electrons. The summed E-state index contributed by atoms with van der Waals surface area (Å²) < 4.78 is 4.41. The molecule has 0 fully saturated rings. The summed E-state index contributed by atoms with van der Waals surface area (Å²) in [5, 5.41) is 8.61. The fraction of sp³-hybridized carbons (Fsp3) is 0.111. The lowest BCUT2D eigenvalue weighted by atomic mass is 10.1. The van der Waals surface area contributed by atoms with Crippen LogP contribution in [-0.4, -0.2) is 6.47 Å². The molecule has 12 heavy (non-hydrogen) atoms. The average Bonchev–Trinajstić information content (AvgIpc) is 2.15. The third-order valence-corrected chi connectivity index (χ3v) is 1.42. The summed E-state index contributed by atoms with van der Waals surface area (Å²) >= 11 is 0. The van der Waals surface area contributed by atoms with Gasteiger partial charge in [-0.1, -0.05) is 18.2 Å². The van der Waals surface area contributed by atoms with E-state index < -0.39 is 0 Å². The largest absolute Gasteiger partial charge is 0.452 e. The number of hydrogen-bond acceptors (Lipinski definition) is 3. The topological polar surface area (TPSA) is 50.1 Å². The lowest BCUT2D eigenvalue weighted by Gasteiger charge is -1.99. The van der Waals surface area contributed by atoms with E-state index in [9.17, 15) is 4.79 Å². The minimum Gasteiger partial charge on any atom is -0.452 e. The van der Waals surface area contributed by atoms with E-state index >= 15 is 0 Å². The second-order valence-electron chi connectivity index (χ2n) is 2.14. The molecule has 1 rings (SSSR count). The number of rotatable bonds is 3. The zero-order chi connectivity index (χ0) is 8.81. The van der Waals surface area contributed by atoms with Gasteiger partial charge in [-0.2, -0.15) is 5.26 Å².